The summed E-state index contributed by atoms with van der Waals surface area (Å²) in [7, 11) is 0. The molecular formula is C49H71N17O10. The van der Waals surface area contributed by atoms with Crippen molar-refractivity contribution in [1.82, 2.24) is 47.5 Å². The number of primary amides is 2. The molecule has 2 heterocycles. The molecule has 0 saturated carbocycles. The molecule has 0 bridgehead atoms. The number of aliphatic imine (C=N–C) groups is 2. The molecule has 76 heavy (non-hydrogen) atoms. The van der Waals surface area contributed by atoms with E-state index >= 15 is 0 Å². The third-order valence-corrected chi connectivity index (χ3v) is 12.3. The highest BCUT2D eigenvalue weighted by Crippen LogP contribution is 2.20. The van der Waals surface area contributed by atoms with Crippen LogP contribution in [0.1, 0.15) is 81.4 Å². The first kappa shape index (κ1) is 59.8. The van der Waals surface area contributed by atoms with Gasteiger partial charge in [0, 0.05) is 62.9 Å². The summed E-state index contributed by atoms with van der Waals surface area (Å²) in [5.41, 5.74) is 36.0. The Morgan fingerprint density at radius 3 is 1.91 bits per heavy atom. The smallest absolute Gasteiger partial charge is 0.243 e. The molecule has 0 spiro atoms. The highest BCUT2D eigenvalue weighted by Gasteiger charge is 2.35. The van der Waals surface area contributed by atoms with Crippen molar-refractivity contribution in [2.24, 2.45) is 44.4 Å². The number of carbonyl (C=O) groups excluding carboxylic acids is 10. The third-order valence-electron chi connectivity index (χ3n) is 12.3. The zero-order valence-corrected chi connectivity index (χ0v) is 42.6. The van der Waals surface area contributed by atoms with Gasteiger partial charge < -0.3 is 81.9 Å². The summed E-state index contributed by atoms with van der Waals surface area (Å²) in [6.07, 6.45) is 0.0215. The number of nitrogens with zero attached hydrogens (tertiary/aromatic N) is 2. The lowest BCUT2D eigenvalue weighted by molar-refractivity contribution is -0.136. The molecule has 1 aromatic heterocycles. The molecule has 0 aliphatic carbocycles. The van der Waals surface area contributed by atoms with Crippen LogP contribution in [0.2, 0.25) is 0 Å². The Bertz CT molecular complexity index is 2630. The second-order valence-electron chi connectivity index (χ2n) is 18.3. The van der Waals surface area contributed by atoms with Gasteiger partial charge in [-0.2, -0.15) is 0 Å². The van der Waals surface area contributed by atoms with E-state index in [1.165, 1.54) is 6.92 Å². The van der Waals surface area contributed by atoms with E-state index < -0.39 is 121 Å². The first-order chi connectivity index (χ1) is 36.1. The summed E-state index contributed by atoms with van der Waals surface area (Å²) in [6, 6.07) is 3.96. The number of rotatable bonds is 18. The lowest BCUT2D eigenvalue weighted by Crippen LogP contribution is -2.61. The van der Waals surface area contributed by atoms with Gasteiger partial charge in [-0.1, -0.05) is 42.5 Å². The number of hydrogen-bond acceptors (Lipinski definition) is 12. The first-order valence-electron chi connectivity index (χ1n) is 24.8. The molecule has 1 saturated heterocycles. The van der Waals surface area contributed by atoms with Crippen LogP contribution in [0.4, 0.5) is 0 Å². The van der Waals surface area contributed by atoms with Crippen molar-refractivity contribution < 1.29 is 47.9 Å². The minimum absolute atomic E-state index is 0.00432. The van der Waals surface area contributed by atoms with Gasteiger partial charge in [0.2, 0.25) is 59.1 Å². The first-order valence-corrected chi connectivity index (χ1v) is 24.8. The molecule has 0 radical (unpaired) electrons. The van der Waals surface area contributed by atoms with Crippen molar-refractivity contribution in [3.05, 3.63) is 71.4 Å². The quantitative estimate of drug-likeness (QED) is 0.0327. The molecule has 1 fully saturated rings. The van der Waals surface area contributed by atoms with Gasteiger partial charge in [-0.3, -0.25) is 57.9 Å². The van der Waals surface area contributed by atoms with Crippen molar-refractivity contribution in [1.29, 1.82) is 0 Å². The Morgan fingerprint density at radius 2 is 1.26 bits per heavy atom. The van der Waals surface area contributed by atoms with Crippen molar-refractivity contribution in [3.8, 4) is 0 Å². The van der Waals surface area contributed by atoms with Crippen LogP contribution in [0.3, 0.4) is 0 Å². The predicted octanol–water partition coefficient (Wildman–Crippen LogP) is -4.17. The van der Waals surface area contributed by atoms with Gasteiger partial charge in [0.1, 0.15) is 42.3 Å². The summed E-state index contributed by atoms with van der Waals surface area (Å²) in [5.74, 6) is -9.16. The molecule has 21 N–H and O–H groups in total. The number of nitrogens with two attached hydrogens (primary N) is 6. The van der Waals surface area contributed by atoms with E-state index in [1.54, 1.807) is 43.5 Å². The number of amides is 10. The Kier molecular flexibility index (Phi) is 23.4. The summed E-state index contributed by atoms with van der Waals surface area (Å²) < 4.78 is 0. The monoisotopic (exact) mass is 1060 g/mol. The number of guanidine groups is 2. The van der Waals surface area contributed by atoms with E-state index in [1.807, 2.05) is 18.2 Å². The largest absolute Gasteiger partial charge is 0.370 e. The zero-order chi connectivity index (χ0) is 55.9. The molecule has 27 nitrogen and oxygen atoms in total. The van der Waals surface area contributed by atoms with Crippen molar-refractivity contribution in [2.45, 2.75) is 127 Å². The van der Waals surface area contributed by atoms with Gasteiger partial charge >= 0.3 is 0 Å². The topological polar surface area (TPSA) is 464 Å². The molecule has 2 aromatic carbocycles. The average Bonchev–Trinajstić information content (AvgIpc) is 3.76. The highest BCUT2D eigenvalue weighted by molar-refractivity contribution is 5.99. The SMILES string of the molecule is CC(=O)N[C@@H](CCCN=C(N)N)C(=O)N[C@H]1CCC(=O)NCCC[C@@H](C(N)=O)NC(=O)C(Cc2c[nH]c3ccccc23)NC(=O)[C@H](CCCN=C(N)N)NC(=O)[C@@H](Cc2ccccc2C)NC(=O)[C@H](CC(N)=O)NC1=O. The van der Waals surface area contributed by atoms with Crippen LogP contribution in [0.15, 0.2) is 64.7 Å². The van der Waals surface area contributed by atoms with Crippen LogP contribution >= 0.6 is 0 Å². The number of H-pyrrole nitrogens is 1. The van der Waals surface area contributed by atoms with Crippen LogP contribution in [-0.2, 0) is 60.8 Å². The Labute approximate surface area is 438 Å². The standard InChI is InChI=1S/C49H71N17O10/c1-26-10-3-4-11-28(26)22-36-46(75)62-34(16-9-21-58-49(54)55)43(72)64-37(23-29-25-59-31-13-6-5-12-30(29)31)45(74)61-32(41(51)70)14-7-19-56-40(69)18-17-35(44(73)66-38(24-39(50)68)47(76)65-36)63-42(71)33(60-27(2)67)15-8-20-57-48(52)53/h3-6,10-13,25,32-38,59H,7-9,14-24H2,1-2H3,(H2,50,68)(H2,51,70)(H,56,69)(H,60,67)(H,61,74)(H,62,75)(H,63,71)(H,64,72)(H,65,76)(H,66,73)(H4,52,53,57)(H4,54,55,58)/t32-,33-,34-,35-,36+,37?,38-/m0/s1. The van der Waals surface area contributed by atoms with E-state index in [4.69, 9.17) is 34.4 Å². The fraction of sp³-hybridized carbons (Fsp3) is 0.469. The fourth-order valence-corrected chi connectivity index (χ4v) is 8.28. The average molecular weight is 1060 g/mol. The van der Waals surface area contributed by atoms with Gasteiger partial charge in [-0.25, -0.2) is 0 Å². The molecule has 3 aromatic rings. The molecule has 10 amide bonds. The van der Waals surface area contributed by atoms with Crippen molar-refractivity contribution in [2.75, 3.05) is 19.6 Å². The normalized spacial score (nSPS) is 20.9. The molecule has 4 rings (SSSR count). The maximum atomic E-state index is 14.7. The highest BCUT2D eigenvalue weighted by atomic mass is 16.2. The van der Waals surface area contributed by atoms with E-state index in [-0.39, 0.29) is 82.9 Å². The van der Waals surface area contributed by atoms with E-state index in [9.17, 15) is 47.9 Å². The van der Waals surface area contributed by atoms with Crippen LogP contribution in [-0.4, -0.2) is 138 Å². The molecule has 1 aliphatic rings. The molecule has 412 valence electrons. The van der Waals surface area contributed by atoms with Crippen LogP contribution in [0.25, 0.3) is 10.9 Å². The number of carbonyl (C=O) groups is 10. The van der Waals surface area contributed by atoms with Gasteiger partial charge in [-0.15, -0.1) is 0 Å². The summed E-state index contributed by atoms with van der Waals surface area (Å²) in [4.78, 5) is 148. The number of fused-ring (bicyclic) bond motifs is 1. The second kappa shape index (κ2) is 29.8. The third kappa shape index (κ3) is 19.9. The van der Waals surface area contributed by atoms with Crippen LogP contribution in [0.5, 0.6) is 0 Å². The maximum Gasteiger partial charge on any atom is 0.243 e. The van der Waals surface area contributed by atoms with Crippen molar-refractivity contribution in [3.63, 3.8) is 0 Å². The van der Waals surface area contributed by atoms with Gasteiger partial charge in [0.15, 0.2) is 11.9 Å². The number of aromatic amines is 1. The van der Waals surface area contributed by atoms with Crippen LogP contribution in [0, 0.1) is 6.92 Å². The Morgan fingerprint density at radius 1 is 0.684 bits per heavy atom. The number of aromatic nitrogens is 1. The second-order valence-corrected chi connectivity index (χ2v) is 18.3. The molecule has 27 heteroatoms. The van der Waals surface area contributed by atoms with Crippen LogP contribution < -0.4 is 76.9 Å². The number of benzene rings is 2. The fourth-order valence-electron chi connectivity index (χ4n) is 8.28. The van der Waals surface area contributed by atoms with Gasteiger partial charge in [-0.05, 0) is 74.6 Å². The summed E-state index contributed by atoms with van der Waals surface area (Å²) in [6.45, 7) is 3.00. The predicted molar refractivity (Wildman–Crippen MR) is 280 cm³/mol. The van der Waals surface area contributed by atoms with E-state index in [0.717, 1.165) is 10.9 Å². The van der Waals surface area contributed by atoms with Gasteiger partial charge in [0.25, 0.3) is 0 Å². The molecule has 1 unspecified atom stereocenters. The Balaban J connectivity index is 1.79. The minimum atomic E-state index is -1.78. The maximum absolute atomic E-state index is 14.7. The lowest BCUT2D eigenvalue weighted by Gasteiger charge is -2.28. The lowest BCUT2D eigenvalue weighted by atomic mass is 9.99. The number of aryl methyl sites for hydroxylation is 1. The van der Waals surface area contributed by atoms with Gasteiger partial charge in [0.05, 0.1) is 6.42 Å². The minimum Gasteiger partial charge on any atom is -0.370 e. The summed E-state index contributed by atoms with van der Waals surface area (Å²) in [5, 5.41) is 21.5. The molecular weight excluding hydrogens is 987 g/mol. The number of hydrogen-bond donors (Lipinski definition) is 15. The van der Waals surface area contributed by atoms with Crippen molar-refractivity contribution >= 4 is 81.9 Å². The molecule has 1 aliphatic heterocycles. The number of nitrogens with one attached hydrogen (secondary N) is 9. The Hall–Kier alpha value is -8.78. The van der Waals surface area contributed by atoms with E-state index in [2.05, 4.69) is 57.5 Å². The molecule has 7 atom stereocenters. The van der Waals surface area contributed by atoms with E-state index in [0.29, 0.717) is 16.7 Å². The summed E-state index contributed by atoms with van der Waals surface area (Å²) >= 11 is 0. The zero-order valence-electron chi connectivity index (χ0n) is 42.6. The number of para-hydroxylation sites is 1.